The molecule has 0 bridgehead atoms. The molecule has 0 aliphatic heterocycles. The number of carbonyl (C=O) groups excluding carboxylic acids is 1. The minimum Gasteiger partial charge on any atom is -0.497 e. The third-order valence-corrected chi connectivity index (χ3v) is 4.55. The van der Waals surface area contributed by atoms with Crippen LogP contribution in [0.1, 0.15) is 12.5 Å². The molecule has 1 heterocycles. The van der Waals surface area contributed by atoms with E-state index in [0.717, 1.165) is 22.6 Å². The first kappa shape index (κ1) is 21.1. The van der Waals surface area contributed by atoms with Gasteiger partial charge < -0.3 is 14.8 Å². The van der Waals surface area contributed by atoms with Crippen molar-refractivity contribution in [2.45, 2.75) is 19.9 Å². The van der Waals surface area contributed by atoms with E-state index < -0.39 is 0 Å². The zero-order valence-corrected chi connectivity index (χ0v) is 17.1. The van der Waals surface area contributed by atoms with Gasteiger partial charge in [-0.1, -0.05) is 12.1 Å². The van der Waals surface area contributed by atoms with Gasteiger partial charge >= 0.3 is 0 Å². The summed E-state index contributed by atoms with van der Waals surface area (Å²) in [5, 5.41) is 2.83. The summed E-state index contributed by atoms with van der Waals surface area (Å²) in [6.45, 7) is 2.93. The van der Waals surface area contributed by atoms with Gasteiger partial charge in [0.2, 0.25) is 5.91 Å². The Balaban J connectivity index is 1.54. The van der Waals surface area contributed by atoms with E-state index in [4.69, 9.17) is 9.47 Å². The molecule has 7 heteroatoms. The Labute approximate surface area is 175 Å². The minimum absolute atomic E-state index is 0.0714. The summed E-state index contributed by atoms with van der Waals surface area (Å²) in [6.07, 6.45) is 2.09. The lowest BCUT2D eigenvalue weighted by molar-refractivity contribution is -0.121. The van der Waals surface area contributed by atoms with Crippen LogP contribution in [0, 0.1) is 0 Å². The molecule has 1 amide bonds. The molecular formula is C23H25N3O4. The van der Waals surface area contributed by atoms with Crippen molar-refractivity contribution in [1.82, 2.24) is 14.9 Å². The quantitative estimate of drug-likeness (QED) is 0.590. The van der Waals surface area contributed by atoms with Gasteiger partial charge in [-0.15, -0.1) is 0 Å². The van der Waals surface area contributed by atoms with Gasteiger partial charge in [0.25, 0.3) is 5.56 Å². The average Bonchev–Trinajstić information content (AvgIpc) is 2.76. The number of nitrogens with zero attached hydrogens (tertiary/aromatic N) is 2. The summed E-state index contributed by atoms with van der Waals surface area (Å²) in [7, 11) is 1.62. The highest BCUT2D eigenvalue weighted by atomic mass is 16.5. The van der Waals surface area contributed by atoms with E-state index in [1.54, 1.807) is 7.11 Å². The second-order valence-electron chi connectivity index (χ2n) is 6.65. The molecule has 7 nitrogen and oxygen atoms in total. The molecule has 0 atom stereocenters. The van der Waals surface area contributed by atoms with Crippen LogP contribution in [0.2, 0.25) is 0 Å². The number of benzene rings is 2. The van der Waals surface area contributed by atoms with Crippen molar-refractivity contribution < 1.29 is 14.3 Å². The summed E-state index contributed by atoms with van der Waals surface area (Å²) >= 11 is 0. The topological polar surface area (TPSA) is 82.5 Å². The fourth-order valence-corrected chi connectivity index (χ4v) is 2.94. The van der Waals surface area contributed by atoms with Crippen LogP contribution < -0.4 is 20.3 Å². The molecular weight excluding hydrogens is 382 g/mol. The van der Waals surface area contributed by atoms with Gasteiger partial charge in [0.15, 0.2) is 0 Å². The van der Waals surface area contributed by atoms with Crippen molar-refractivity contribution in [3.8, 4) is 22.8 Å². The van der Waals surface area contributed by atoms with Crippen molar-refractivity contribution in [1.29, 1.82) is 0 Å². The standard InChI is InChI=1S/C23H25N3O4/c1-3-30-20-10-6-18(7-11-20)21-14-23(28)26(16-25-21)15-22(27)24-13-12-17-4-8-19(29-2)9-5-17/h4-11,14,16H,3,12-13,15H2,1-2H3,(H,24,27). The second-order valence-corrected chi connectivity index (χ2v) is 6.65. The zero-order chi connectivity index (χ0) is 21.3. The van der Waals surface area contributed by atoms with Crippen molar-refractivity contribution in [2.75, 3.05) is 20.3 Å². The second kappa shape index (κ2) is 10.2. The van der Waals surface area contributed by atoms with Crippen molar-refractivity contribution in [2.24, 2.45) is 0 Å². The highest BCUT2D eigenvalue weighted by Gasteiger charge is 2.07. The molecule has 0 fully saturated rings. The van der Waals surface area contributed by atoms with E-state index >= 15 is 0 Å². The van der Waals surface area contributed by atoms with Gasteiger partial charge in [-0.05, 0) is 55.3 Å². The summed E-state index contributed by atoms with van der Waals surface area (Å²) in [6, 6.07) is 16.5. The first-order chi connectivity index (χ1) is 14.6. The van der Waals surface area contributed by atoms with Gasteiger partial charge in [-0.25, -0.2) is 4.98 Å². The SMILES string of the molecule is CCOc1ccc(-c2cc(=O)n(CC(=O)NCCc3ccc(OC)cc3)cn2)cc1. The molecule has 0 unspecified atom stereocenters. The lowest BCUT2D eigenvalue weighted by atomic mass is 10.1. The molecule has 0 radical (unpaired) electrons. The van der Waals surface area contributed by atoms with Crippen molar-refractivity contribution in [3.63, 3.8) is 0 Å². The van der Waals surface area contributed by atoms with Crippen LogP contribution in [0.4, 0.5) is 0 Å². The van der Waals surface area contributed by atoms with Crippen LogP contribution in [-0.4, -0.2) is 35.7 Å². The van der Waals surface area contributed by atoms with Gasteiger partial charge in [-0.2, -0.15) is 0 Å². The predicted octanol–water partition coefficient (Wildman–Crippen LogP) is 2.68. The maximum atomic E-state index is 12.4. The smallest absolute Gasteiger partial charge is 0.254 e. The summed E-state index contributed by atoms with van der Waals surface area (Å²) in [4.78, 5) is 28.9. The molecule has 0 saturated heterocycles. The Kier molecular flexibility index (Phi) is 7.21. The first-order valence-electron chi connectivity index (χ1n) is 9.78. The normalized spacial score (nSPS) is 10.5. The molecule has 1 N–H and O–H groups in total. The highest BCUT2D eigenvalue weighted by molar-refractivity contribution is 5.75. The summed E-state index contributed by atoms with van der Waals surface area (Å²) in [5.41, 5.74) is 2.18. The number of hydrogen-bond acceptors (Lipinski definition) is 5. The molecule has 0 saturated carbocycles. The molecule has 3 aromatic rings. The number of nitrogens with one attached hydrogen (secondary N) is 1. The molecule has 2 aromatic carbocycles. The molecule has 0 aliphatic rings. The Bertz CT molecular complexity index is 1030. The third kappa shape index (κ3) is 5.70. The summed E-state index contributed by atoms with van der Waals surface area (Å²) in [5.74, 6) is 1.32. The van der Waals surface area contributed by atoms with E-state index in [9.17, 15) is 9.59 Å². The fourth-order valence-electron chi connectivity index (χ4n) is 2.94. The monoisotopic (exact) mass is 407 g/mol. The number of carbonyl (C=O) groups is 1. The number of ether oxygens (including phenoxy) is 2. The number of methoxy groups -OCH3 is 1. The number of rotatable bonds is 9. The van der Waals surface area contributed by atoms with Crippen molar-refractivity contribution in [3.05, 3.63) is 76.8 Å². The molecule has 0 aliphatic carbocycles. The lowest BCUT2D eigenvalue weighted by Crippen LogP contribution is -2.33. The maximum absolute atomic E-state index is 12.4. The minimum atomic E-state index is -0.279. The number of hydrogen-bond donors (Lipinski definition) is 1. The van der Waals surface area contributed by atoms with Crippen LogP contribution in [0.25, 0.3) is 11.3 Å². The van der Waals surface area contributed by atoms with E-state index in [2.05, 4.69) is 10.3 Å². The Morgan fingerprint density at radius 2 is 1.77 bits per heavy atom. The van der Waals surface area contributed by atoms with Crippen molar-refractivity contribution >= 4 is 5.91 Å². The lowest BCUT2D eigenvalue weighted by Gasteiger charge is -2.09. The molecule has 156 valence electrons. The molecule has 3 rings (SSSR count). The van der Waals surface area contributed by atoms with Gasteiger partial charge in [0.1, 0.15) is 18.0 Å². The molecule has 30 heavy (non-hydrogen) atoms. The van der Waals surface area contributed by atoms with E-state index in [0.29, 0.717) is 25.3 Å². The van der Waals surface area contributed by atoms with E-state index in [-0.39, 0.29) is 18.0 Å². The Morgan fingerprint density at radius 1 is 1.07 bits per heavy atom. The molecule has 0 spiro atoms. The molecule has 1 aromatic heterocycles. The Morgan fingerprint density at radius 3 is 2.40 bits per heavy atom. The zero-order valence-electron chi connectivity index (χ0n) is 17.1. The third-order valence-electron chi connectivity index (χ3n) is 4.55. The highest BCUT2D eigenvalue weighted by Crippen LogP contribution is 2.19. The number of amides is 1. The van der Waals surface area contributed by atoms with Gasteiger partial charge in [-0.3, -0.25) is 14.2 Å². The van der Waals surface area contributed by atoms with Crippen LogP contribution >= 0.6 is 0 Å². The van der Waals surface area contributed by atoms with Crippen LogP contribution in [0.5, 0.6) is 11.5 Å². The summed E-state index contributed by atoms with van der Waals surface area (Å²) < 4.78 is 11.8. The van der Waals surface area contributed by atoms with Crippen LogP contribution in [0.15, 0.2) is 65.7 Å². The van der Waals surface area contributed by atoms with Gasteiger partial charge in [0.05, 0.1) is 25.7 Å². The maximum Gasteiger partial charge on any atom is 0.254 e. The number of aromatic nitrogens is 2. The largest absolute Gasteiger partial charge is 0.497 e. The van der Waals surface area contributed by atoms with E-state index in [1.165, 1.54) is 17.0 Å². The van der Waals surface area contributed by atoms with Gasteiger partial charge in [0, 0.05) is 18.2 Å². The fraction of sp³-hybridized carbons (Fsp3) is 0.261. The van der Waals surface area contributed by atoms with E-state index in [1.807, 2.05) is 55.5 Å². The van der Waals surface area contributed by atoms with Crippen LogP contribution in [0.3, 0.4) is 0 Å². The predicted molar refractivity (Wildman–Crippen MR) is 115 cm³/mol. The average molecular weight is 407 g/mol. The Hall–Kier alpha value is -3.61. The van der Waals surface area contributed by atoms with Crippen LogP contribution in [-0.2, 0) is 17.8 Å². The first-order valence-corrected chi connectivity index (χ1v) is 9.78.